The zero-order valence-electron chi connectivity index (χ0n) is 28.7. The van der Waals surface area contributed by atoms with Crippen molar-refractivity contribution in [1.82, 2.24) is 0 Å². The molecule has 0 N–H and O–H groups in total. The van der Waals surface area contributed by atoms with Gasteiger partial charge in [-0.2, -0.15) is 0 Å². The van der Waals surface area contributed by atoms with Crippen LogP contribution in [0.5, 0.6) is 0 Å². The highest BCUT2D eigenvalue weighted by Gasteiger charge is 2.08. The Bertz CT molecular complexity index is 876. The highest BCUT2D eigenvalue weighted by molar-refractivity contribution is 9.10. The van der Waals surface area contributed by atoms with Gasteiger partial charge in [0.25, 0.3) is 0 Å². The Kier molecular flexibility index (Phi) is 23.4. The van der Waals surface area contributed by atoms with Gasteiger partial charge in [-0.3, -0.25) is 0 Å². The molecule has 6 heteroatoms. The number of hydrogen-bond acceptors (Lipinski definition) is 4. The second kappa shape index (κ2) is 27.1. The van der Waals surface area contributed by atoms with Crippen LogP contribution in [0, 0.1) is 0 Å². The third-order valence-electron chi connectivity index (χ3n) is 9.00. The average molecular weight is 767 g/mol. The van der Waals surface area contributed by atoms with E-state index in [4.69, 9.17) is 18.9 Å². The molecular weight excluding hydrogens is 704 g/mol. The first kappa shape index (κ1) is 39.7. The number of rotatable bonds is 0. The first-order valence-corrected chi connectivity index (χ1v) is 20.2. The third-order valence-corrected chi connectivity index (χ3v) is 11.0. The third kappa shape index (κ3) is 18.1. The van der Waals surface area contributed by atoms with Gasteiger partial charge in [0.05, 0.1) is 26.4 Å². The van der Waals surface area contributed by atoms with Crippen LogP contribution in [0.25, 0.3) is 0 Å². The fraction of sp³-hybridized carbons (Fsp3) is 0.700. The van der Waals surface area contributed by atoms with Crippen LogP contribution in [0.3, 0.4) is 0 Å². The van der Waals surface area contributed by atoms with Gasteiger partial charge in [-0.15, -0.1) is 0 Å². The topological polar surface area (TPSA) is 36.9 Å². The Labute approximate surface area is 298 Å². The molecule has 1 aliphatic rings. The van der Waals surface area contributed by atoms with Gasteiger partial charge in [0.2, 0.25) is 0 Å². The molecule has 0 aliphatic carbocycles. The van der Waals surface area contributed by atoms with Crippen LogP contribution in [-0.2, 0) is 45.4 Å². The molecule has 1 aliphatic heterocycles. The Morgan fingerprint density at radius 2 is 0.500 bits per heavy atom. The van der Waals surface area contributed by atoms with Crippen LogP contribution < -0.4 is 0 Å². The summed E-state index contributed by atoms with van der Waals surface area (Å²) in [7, 11) is 0. The van der Waals surface area contributed by atoms with Crippen LogP contribution in [0.1, 0.15) is 151 Å². The van der Waals surface area contributed by atoms with Crippen molar-refractivity contribution in [3.63, 3.8) is 0 Å². The van der Waals surface area contributed by atoms with Gasteiger partial charge in [0.1, 0.15) is 0 Å². The van der Waals surface area contributed by atoms with Crippen LogP contribution >= 0.6 is 31.9 Å². The van der Waals surface area contributed by atoms with Crippen molar-refractivity contribution in [2.24, 2.45) is 0 Å². The summed E-state index contributed by atoms with van der Waals surface area (Å²) in [6.45, 7) is 6.02. The quantitative estimate of drug-likeness (QED) is 0.268. The Morgan fingerprint density at radius 1 is 0.304 bits per heavy atom. The van der Waals surface area contributed by atoms with Crippen LogP contribution in [0.2, 0.25) is 0 Å². The van der Waals surface area contributed by atoms with Crippen molar-refractivity contribution in [3.8, 4) is 0 Å². The lowest BCUT2D eigenvalue weighted by Crippen LogP contribution is -2.01. The summed E-state index contributed by atoms with van der Waals surface area (Å²) in [5.41, 5.74) is 4.88. The molecule has 0 aromatic heterocycles. The second-order valence-corrected chi connectivity index (χ2v) is 14.6. The van der Waals surface area contributed by atoms with Crippen molar-refractivity contribution in [2.45, 2.75) is 155 Å². The zero-order valence-corrected chi connectivity index (χ0v) is 31.8. The lowest BCUT2D eigenvalue weighted by molar-refractivity contribution is 0.112. The Balaban J connectivity index is 1.33. The molecule has 4 bridgehead atoms. The minimum atomic E-state index is 0.665. The maximum absolute atomic E-state index is 6.03. The van der Waals surface area contributed by atoms with E-state index in [0.29, 0.717) is 26.4 Å². The lowest BCUT2D eigenvalue weighted by Gasteiger charge is -2.12. The fourth-order valence-electron chi connectivity index (χ4n) is 6.09. The van der Waals surface area contributed by atoms with Gasteiger partial charge in [0.15, 0.2) is 0 Å². The Morgan fingerprint density at radius 3 is 0.717 bits per heavy atom. The zero-order chi connectivity index (χ0) is 32.3. The minimum absolute atomic E-state index is 0.665. The van der Waals surface area contributed by atoms with E-state index in [1.165, 1.54) is 125 Å². The molecule has 0 amide bonds. The summed E-state index contributed by atoms with van der Waals surface area (Å²) in [5, 5.41) is 0. The molecule has 0 fully saturated rings. The summed E-state index contributed by atoms with van der Waals surface area (Å²) in [4.78, 5) is 0. The van der Waals surface area contributed by atoms with E-state index in [-0.39, 0.29) is 0 Å². The maximum atomic E-state index is 6.03. The van der Waals surface area contributed by atoms with Gasteiger partial charge in [-0.1, -0.05) is 171 Å². The van der Waals surface area contributed by atoms with Crippen molar-refractivity contribution in [3.05, 3.63) is 67.6 Å². The van der Waals surface area contributed by atoms with E-state index in [1.54, 1.807) is 0 Å². The summed E-state index contributed by atoms with van der Waals surface area (Å²) < 4.78 is 26.4. The van der Waals surface area contributed by atoms with E-state index in [1.807, 2.05) is 0 Å². The number of ether oxygens (including phenoxy) is 4. The number of benzene rings is 2. The highest BCUT2D eigenvalue weighted by atomic mass is 79.9. The maximum Gasteiger partial charge on any atom is 0.0727 e. The molecule has 2 aromatic carbocycles. The SMILES string of the molecule is Brc1c2cccc1COCCCCCCCCCCCCOCc1cccc(c1Br)COCCCCCCCCCCCCOC2. The largest absolute Gasteiger partial charge is 0.377 e. The number of halogens is 2. The van der Waals surface area contributed by atoms with E-state index >= 15 is 0 Å². The lowest BCUT2D eigenvalue weighted by atomic mass is 10.1. The molecule has 0 saturated carbocycles. The first-order valence-electron chi connectivity index (χ1n) is 18.6. The van der Waals surface area contributed by atoms with E-state index in [2.05, 4.69) is 68.3 Å². The predicted molar refractivity (Wildman–Crippen MR) is 199 cm³/mol. The molecule has 46 heavy (non-hydrogen) atoms. The van der Waals surface area contributed by atoms with Gasteiger partial charge in [-0.05, 0) is 47.9 Å². The van der Waals surface area contributed by atoms with Crippen LogP contribution in [0.15, 0.2) is 45.3 Å². The molecule has 0 atom stereocenters. The number of hydrogen-bond donors (Lipinski definition) is 0. The summed E-state index contributed by atoms with van der Waals surface area (Å²) in [6, 6.07) is 12.9. The smallest absolute Gasteiger partial charge is 0.0727 e. The molecule has 4 nitrogen and oxygen atoms in total. The van der Waals surface area contributed by atoms with Gasteiger partial charge in [-0.25, -0.2) is 0 Å². The van der Waals surface area contributed by atoms with Crippen LogP contribution in [0.4, 0.5) is 0 Å². The minimum Gasteiger partial charge on any atom is -0.377 e. The standard InChI is InChI=1S/C40H62Br2O4/c41-39-35-23-21-25-37(39)33-45-29-19-15-11-7-3-4-8-12-16-20-30-46-34-38-26-22-24-36(40(38)42)32-44-28-18-14-10-6-2-1-5-9-13-17-27-43-31-35/h21-26H,1-20,27-34H2. The predicted octanol–water partition coefficient (Wildman–Crippen LogP) is 12.8. The van der Waals surface area contributed by atoms with Gasteiger partial charge < -0.3 is 18.9 Å². The fourth-order valence-corrected chi connectivity index (χ4v) is 7.07. The molecular formula is C40H62Br2O4. The van der Waals surface area contributed by atoms with E-state index in [0.717, 1.165) is 61.1 Å². The molecule has 260 valence electrons. The molecule has 0 saturated heterocycles. The molecule has 0 radical (unpaired) electrons. The molecule has 0 unspecified atom stereocenters. The van der Waals surface area contributed by atoms with Crippen molar-refractivity contribution >= 4 is 31.9 Å². The van der Waals surface area contributed by atoms with Crippen molar-refractivity contribution in [1.29, 1.82) is 0 Å². The average Bonchev–Trinajstić information content (AvgIpc) is 3.06. The monoisotopic (exact) mass is 764 g/mol. The van der Waals surface area contributed by atoms with Gasteiger partial charge >= 0.3 is 0 Å². The van der Waals surface area contributed by atoms with Crippen LogP contribution in [-0.4, -0.2) is 26.4 Å². The molecule has 3 rings (SSSR count). The second-order valence-electron chi connectivity index (χ2n) is 13.1. The van der Waals surface area contributed by atoms with Crippen molar-refractivity contribution in [2.75, 3.05) is 26.4 Å². The first-order chi connectivity index (χ1) is 22.8. The van der Waals surface area contributed by atoms with Crippen molar-refractivity contribution < 1.29 is 18.9 Å². The Hall–Kier alpha value is -0.760. The number of fused-ring (bicyclic) bond motifs is 4. The summed E-state index contributed by atoms with van der Waals surface area (Å²) >= 11 is 7.61. The molecule has 0 spiro atoms. The molecule has 1 heterocycles. The van der Waals surface area contributed by atoms with E-state index < -0.39 is 0 Å². The van der Waals surface area contributed by atoms with E-state index in [9.17, 15) is 0 Å². The summed E-state index contributed by atoms with van der Waals surface area (Å²) in [6.07, 6.45) is 25.7. The highest BCUT2D eigenvalue weighted by Crippen LogP contribution is 2.25. The van der Waals surface area contributed by atoms with Gasteiger partial charge in [0, 0.05) is 35.4 Å². The molecule has 2 aromatic rings. The summed E-state index contributed by atoms with van der Waals surface area (Å²) in [5.74, 6) is 0. The normalized spacial score (nSPS) is 20.2.